The largest absolute Gasteiger partial charge is 0.376 e. The zero-order valence-corrected chi connectivity index (χ0v) is 11.4. The van der Waals surface area contributed by atoms with Crippen LogP contribution in [0.3, 0.4) is 0 Å². The van der Waals surface area contributed by atoms with Crippen molar-refractivity contribution in [3.8, 4) is 0 Å². The smallest absolute Gasteiger partial charge is 0.0780 e. The molecule has 0 aliphatic rings. The summed E-state index contributed by atoms with van der Waals surface area (Å²) in [7, 11) is 0. The molecule has 0 aliphatic heterocycles. The fourth-order valence-corrected chi connectivity index (χ4v) is 3.15. The third-order valence-corrected chi connectivity index (χ3v) is 4.06. The summed E-state index contributed by atoms with van der Waals surface area (Å²) in [5, 5.41) is 4.15. The lowest BCUT2D eigenvalue weighted by Crippen LogP contribution is -2.37. The summed E-state index contributed by atoms with van der Waals surface area (Å²) in [5.74, 6) is 5.59. The van der Waals surface area contributed by atoms with E-state index in [1.807, 2.05) is 6.92 Å². The van der Waals surface area contributed by atoms with Crippen LogP contribution in [0.15, 0.2) is 15.2 Å². The second-order valence-electron chi connectivity index (χ2n) is 3.22. The Morgan fingerprint density at radius 1 is 1.53 bits per heavy atom. The van der Waals surface area contributed by atoms with Gasteiger partial charge in [-0.05, 0) is 40.2 Å². The van der Waals surface area contributed by atoms with Gasteiger partial charge in [0.1, 0.15) is 0 Å². The van der Waals surface area contributed by atoms with E-state index in [0.29, 0.717) is 6.61 Å². The number of hydrogen-bond acceptors (Lipinski definition) is 4. The first-order valence-electron chi connectivity index (χ1n) is 5.03. The molecule has 0 bridgehead atoms. The Bertz CT molecular complexity index is 293. The molecule has 0 spiro atoms. The molecule has 0 saturated carbocycles. The molecule has 2 atom stereocenters. The molecule has 1 heterocycles. The minimum atomic E-state index is 0.0515. The highest BCUT2D eigenvalue weighted by Gasteiger charge is 2.23. The van der Waals surface area contributed by atoms with E-state index in [9.17, 15) is 0 Å². The average Bonchev–Trinajstić information content (AvgIpc) is 2.65. The molecule has 3 nitrogen and oxygen atoms in total. The summed E-state index contributed by atoms with van der Waals surface area (Å²) in [4.78, 5) is 0. The maximum absolute atomic E-state index is 5.66. The van der Waals surface area contributed by atoms with Crippen molar-refractivity contribution < 1.29 is 4.74 Å². The second-order valence-corrected chi connectivity index (χ2v) is 4.82. The summed E-state index contributed by atoms with van der Waals surface area (Å²) in [5.41, 5.74) is 4.00. The molecule has 0 fully saturated rings. The van der Waals surface area contributed by atoms with Crippen molar-refractivity contribution in [3.63, 3.8) is 0 Å². The maximum atomic E-state index is 5.66. The van der Waals surface area contributed by atoms with Gasteiger partial charge in [0, 0.05) is 16.5 Å². The third-order valence-electron chi connectivity index (χ3n) is 2.31. The molecule has 3 N–H and O–H groups in total. The maximum Gasteiger partial charge on any atom is 0.0780 e. The van der Waals surface area contributed by atoms with Gasteiger partial charge in [0.25, 0.3) is 0 Å². The molecule has 15 heavy (non-hydrogen) atoms. The number of ether oxygens (including phenoxy) is 1. The predicted molar refractivity (Wildman–Crippen MR) is 67.8 cm³/mol. The molecular weight excluding hydrogens is 276 g/mol. The monoisotopic (exact) mass is 292 g/mol. The van der Waals surface area contributed by atoms with E-state index in [-0.39, 0.29) is 12.1 Å². The van der Waals surface area contributed by atoms with Crippen LogP contribution in [0.1, 0.15) is 31.9 Å². The number of hydrazine groups is 1. The molecule has 0 radical (unpaired) electrons. The van der Waals surface area contributed by atoms with Gasteiger partial charge in [-0.3, -0.25) is 11.3 Å². The molecule has 1 rings (SSSR count). The van der Waals surface area contributed by atoms with E-state index in [2.05, 4.69) is 39.0 Å². The lowest BCUT2D eigenvalue weighted by Gasteiger charge is -2.25. The zero-order valence-electron chi connectivity index (χ0n) is 9.00. The lowest BCUT2D eigenvalue weighted by molar-refractivity contribution is 0.0313. The predicted octanol–water partition coefficient (Wildman–Crippen LogP) is 2.83. The van der Waals surface area contributed by atoms with Crippen molar-refractivity contribution in [2.24, 2.45) is 5.84 Å². The molecule has 0 aromatic carbocycles. The minimum absolute atomic E-state index is 0.0515. The molecule has 0 saturated heterocycles. The Balaban J connectivity index is 2.82. The van der Waals surface area contributed by atoms with Gasteiger partial charge in [0.2, 0.25) is 0 Å². The molecule has 86 valence electrons. The van der Waals surface area contributed by atoms with Crippen LogP contribution in [0.5, 0.6) is 0 Å². The highest BCUT2D eigenvalue weighted by molar-refractivity contribution is 9.10. The van der Waals surface area contributed by atoms with E-state index in [4.69, 9.17) is 10.6 Å². The van der Waals surface area contributed by atoms with Gasteiger partial charge in [-0.25, -0.2) is 0 Å². The van der Waals surface area contributed by atoms with E-state index >= 15 is 0 Å². The van der Waals surface area contributed by atoms with Crippen LogP contribution in [-0.4, -0.2) is 12.7 Å². The van der Waals surface area contributed by atoms with Crippen LogP contribution in [-0.2, 0) is 4.74 Å². The van der Waals surface area contributed by atoms with Crippen LogP contribution in [0.25, 0.3) is 0 Å². The molecule has 1 aromatic rings. The Morgan fingerprint density at radius 2 is 2.27 bits per heavy atom. The van der Waals surface area contributed by atoms with Crippen LogP contribution in [0.4, 0.5) is 0 Å². The van der Waals surface area contributed by atoms with Crippen molar-refractivity contribution in [2.75, 3.05) is 6.61 Å². The van der Waals surface area contributed by atoms with E-state index in [0.717, 1.165) is 10.9 Å². The van der Waals surface area contributed by atoms with Gasteiger partial charge in [-0.2, -0.15) is 11.3 Å². The van der Waals surface area contributed by atoms with E-state index < -0.39 is 0 Å². The van der Waals surface area contributed by atoms with Gasteiger partial charge in [0.05, 0.1) is 12.1 Å². The third kappa shape index (κ3) is 3.26. The van der Waals surface area contributed by atoms with Gasteiger partial charge >= 0.3 is 0 Å². The molecule has 5 heteroatoms. The Labute approximate surface area is 103 Å². The Kier molecular flexibility index (Phi) is 5.78. The topological polar surface area (TPSA) is 47.3 Å². The van der Waals surface area contributed by atoms with Crippen molar-refractivity contribution in [1.29, 1.82) is 0 Å². The zero-order chi connectivity index (χ0) is 11.3. The van der Waals surface area contributed by atoms with E-state index in [1.165, 1.54) is 5.56 Å². The van der Waals surface area contributed by atoms with Crippen molar-refractivity contribution in [2.45, 2.75) is 32.4 Å². The summed E-state index contributed by atoms with van der Waals surface area (Å²) >= 11 is 5.17. The first-order valence-corrected chi connectivity index (χ1v) is 6.77. The number of halogens is 1. The molecule has 0 amide bonds. The van der Waals surface area contributed by atoms with Crippen LogP contribution < -0.4 is 11.3 Å². The quantitative estimate of drug-likeness (QED) is 0.626. The molecular formula is C10H17BrN2OS. The highest BCUT2D eigenvalue weighted by atomic mass is 79.9. The Morgan fingerprint density at radius 3 is 2.67 bits per heavy atom. The number of rotatable bonds is 6. The SMILES string of the molecule is CCOC(CC)C(NN)c1cscc1Br. The molecule has 0 aliphatic carbocycles. The van der Waals surface area contributed by atoms with Gasteiger partial charge in [-0.1, -0.05) is 6.92 Å². The summed E-state index contributed by atoms with van der Waals surface area (Å²) in [6.07, 6.45) is 1.05. The fourth-order valence-electron chi connectivity index (χ4n) is 1.57. The van der Waals surface area contributed by atoms with Gasteiger partial charge in [-0.15, -0.1) is 0 Å². The minimum Gasteiger partial charge on any atom is -0.376 e. The fraction of sp³-hybridized carbons (Fsp3) is 0.600. The van der Waals surface area contributed by atoms with Crippen molar-refractivity contribution in [1.82, 2.24) is 5.43 Å². The van der Waals surface area contributed by atoms with Gasteiger partial charge < -0.3 is 4.74 Å². The van der Waals surface area contributed by atoms with Crippen molar-refractivity contribution in [3.05, 3.63) is 20.8 Å². The summed E-state index contributed by atoms with van der Waals surface area (Å²) in [6.45, 7) is 4.81. The second kappa shape index (κ2) is 6.60. The first-order chi connectivity index (χ1) is 7.24. The lowest BCUT2D eigenvalue weighted by atomic mass is 10.0. The standard InChI is InChI=1S/C10H17BrN2OS/c1-3-9(14-4-2)10(13-12)7-5-15-6-8(7)11/h5-6,9-10,13H,3-4,12H2,1-2H3. The number of thiophene rings is 1. The molecule has 2 unspecified atom stereocenters. The Hall–Kier alpha value is 0.0600. The number of nitrogens with one attached hydrogen (secondary N) is 1. The normalized spacial score (nSPS) is 15.2. The van der Waals surface area contributed by atoms with Crippen LogP contribution >= 0.6 is 27.3 Å². The molecule has 1 aromatic heterocycles. The van der Waals surface area contributed by atoms with Crippen LogP contribution in [0.2, 0.25) is 0 Å². The number of hydrogen-bond donors (Lipinski definition) is 2. The van der Waals surface area contributed by atoms with Gasteiger partial charge in [0.15, 0.2) is 0 Å². The summed E-state index contributed by atoms with van der Waals surface area (Å²) < 4.78 is 6.76. The number of nitrogens with two attached hydrogens (primary N) is 1. The van der Waals surface area contributed by atoms with Crippen molar-refractivity contribution >= 4 is 27.3 Å². The highest BCUT2D eigenvalue weighted by Crippen LogP contribution is 2.30. The van der Waals surface area contributed by atoms with E-state index in [1.54, 1.807) is 11.3 Å². The average molecular weight is 293 g/mol. The first kappa shape index (κ1) is 13.1. The summed E-state index contributed by atoms with van der Waals surface area (Å²) in [6, 6.07) is 0.0515. The van der Waals surface area contributed by atoms with Crippen LogP contribution in [0, 0.1) is 0 Å².